The van der Waals surface area contributed by atoms with Crippen molar-refractivity contribution in [1.29, 1.82) is 0 Å². The van der Waals surface area contributed by atoms with Crippen molar-refractivity contribution in [1.82, 2.24) is 19.8 Å². The summed E-state index contributed by atoms with van der Waals surface area (Å²) in [7, 11) is -3.61. The van der Waals surface area contributed by atoms with Crippen molar-refractivity contribution in [3.8, 4) is 0 Å². The number of hydrogen-bond acceptors (Lipinski definition) is 4. The Morgan fingerprint density at radius 2 is 1.95 bits per heavy atom. The lowest BCUT2D eigenvalue weighted by Crippen LogP contribution is -2.38. The molecule has 0 radical (unpaired) electrons. The quantitative estimate of drug-likeness (QED) is 0.668. The second-order valence-corrected chi connectivity index (χ2v) is 7.08. The summed E-state index contributed by atoms with van der Waals surface area (Å²) in [5, 5.41) is 6.56. The van der Waals surface area contributed by atoms with Gasteiger partial charge in [0.15, 0.2) is 0 Å². The van der Waals surface area contributed by atoms with Crippen LogP contribution in [0.3, 0.4) is 0 Å². The summed E-state index contributed by atoms with van der Waals surface area (Å²) in [6.07, 6.45) is 3.07. The van der Waals surface area contributed by atoms with E-state index in [1.165, 1.54) is 6.92 Å². The molecule has 1 rings (SSSR count). The van der Waals surface area contributed by atoms with Crippen LogP contribution in [0.25, 0.3) is 0 Å². The summed E-state index contributed by atoms with van der Waals surface area (Å²) < 4.78 is 27.1. The van der Waals surface area contributed by atoms with Crippen LogP contribution in [-0.4, -0.2) is 49.1 Å². The number of nitrogens with one attached hydrogen (secondary N) is 2. The van der Waals surface area contributed by atoms with Crippen molar-refractivity contribution in [2.24, 2.45) is 0 Å². The van der Waals surface area contributed by atoms with Crippen LogP contribution in [0.15, 0.2) is 4.90 Å². The van der Waals surface area contributed by atoms with Gasteiger partial charge in [0, 0.05) is 26.6 Å². The van der Waals surface area contributed by atoms with Crippen LogP contribution < -0.4 is 4.72 Å². The standard InChI is InChI=1S/C14H26N4O3S/c1-5-6-7-9-18(13(4)19)10-8-15-22(20,21)14-11(2)16-17-12(14)3/h15H,5-10H2,1-4H3,(H,16,17). The maximum atomic E-state index is 12.3. The van der Waals surface area contributed by atoms with Gasteiger partial charge in [-0.15, -0.1) is 0 Å². The van der Waals surface area contributed by atoms with E-state index in [1.807, 2.05) is 0 Å². The van der Waals surface area contributed by atoms with Crippen molar-refractivity contribution in [2.45, 2.75) is 51.9 Å². The van der Waals surface area contributed by atoms with Gasteiger partial charge in [0.25, 0.3) is 0 Å². The van der Waals surface area contributed by atoms with Crippen LogP contribution in [-0.2, 0) is 14.8 Å². The zero-order valence-electron chi connectivity index (χ0n) is 13.8. The molecule has 0 aliphatic heterocycles. The number of amides is 1. The molecule has 0 saturated heterocycles. The van der Waals surface area contributed by atoms with Gasteiger partial charge in [-0.2, -0.15) is 5.10 Å². The zero-order valence-corrected chi connectivity index (χ0v) is 14.6. The summed E-state index contributed by atoms with van der Waals surface area (Å²) in [5.41, 5.74) is 0.952. The normalized spacial score (nSPS) is 11.6. The molecule has 0 aromatic carbocycles. The maximum Gasteiger partial charge on any atom is 0.244 e. The van der Waals surface area contributed by atoms with Gasteiger partial charge in [0.05, 0.1) is 11.4 Å². The van der Waals surface area contributed by atoms with E-state index in [9.17, 15) is 13.2 Å². The first-order chi connectivity index (χ1) is 10.3. The van der Waals surface area contributed by atoms with Crippen molar-refractivity contribution in [2.75, 3.05) is 19.6 Å². The van der Waals surface area contributed by atoms with Crippen molar-refractivity contribution in [3.05, 3.63) is 11.4 Å². The lowest BCUT2D eigenvalue weighted by atomic mass is 10.2. The highest BCUT2D eigenvalue weighted by Crippen LogP contribution is 2.15. The van der Waals surface area contributed by atoms with E-state index in [4.69, 9.17) is 0 Å². The Kier molecular flexibility index (Phi) is 7.02. The van der Waals surface area contributed by atoms with E-state index >= 15 is 0 Å². The fraction of sp³-hybridized carbons (Fsp3) is 0.714. The van der Waals surface area contributed by atoms with E-state index in [2.05, 4.69) is 21.8 Å². The Morgan fingerprint density at radius 1 is 1.27 bits per heavy atom. The molecule has 126 valence electrons. The van der Waals surface area contributed by atoms with Gasteiger partial charge in [-0.05, 0) is 20.3 Å². The molecule has 22 heavy (non-hydrogen) atoms. The van der Waals surface area contributed by atoms with Crippen LogP contribution in [0.5, 0.6) is 0 Å². The highest BCUT2D eigenvalue weighted by Gasteiger charge is 2.22. The fourth-order valence-corrected chi connectivity index (χ4v) is 3.69. The Bertz CT molecular complexity index is 576. The molecule has 0 aliphatic rings. The summed E-state index contributed by atoms with van der Waals surface area (Å²) in [6.45, 7) is 8.14. The monoisotopic (exact) mass is 330 g/mol. The van der Waals surface area contributed by atoms with E-state index < -0.39 is 10.0 Å². The molecule has 2 N–H and O–H groups in total. The molecule has 1 heterocycles. The van der Waals surface area contributed by atoms with Gasteiger partial charge in [0.1, 0.15) is 4.90 Å². The van der Waals surface area contributed by atoms with Gasteiger partial charge in [-0.25, -0.2) is 13.1 Å². The van der Waals surface area contributed by atoms with E-state index in [0.717, 1.165) is 19.3 Å². The Hall–Kier alpha value is -1.41. The number of unbranched alkanes of at least 4 members (excludes halogenated alkanes) is 2. The van der Waals surface area contributed by atoms with Crippen LogP contribution in [0.4, 0.5) is 0 Å². The highest BCUT2D eigenvalue weighted by molar-refractivity contribution is 7.89. The summed E-state index contributed by atoms with van der Waals surface area (Å²) >= 11 is 0. The second-order valence-electron chi connectivity index (χ2n) is 5.37. The van der Waals surface area contributed by atoms with Crippen molar-refractivity contribution in [3.63, 3.8) is 0 Å². The number of aryl methyl sites for hydroxylation is 2. The molecule has 0 aliphatic carbocycles. The SMILES string of the molecule is CCCCCN(CCNS(=O)(=O)c1c(C)n[nH]c1C)C(C)=O. The van der Waals surface area contributed by atoms with Crippen LogP contribution >= 0.6 is 0 Å². The minimum absolute atomic E-state index is 0.0361. The molecule has 0 atom stereocenters. The van der Waals surface area contributed by atoms with Gasteiger partial charge in [0.2, 0.25) is 15.9 Å². The molecular formula is C14H26N4O3S. The number of carbonyl (C=O) groups excluding carboxylic acids is 1. The second kappa shape index (κ2) is 8.28. The minimum Gasteiger partial charge on any atom is -0.342 e. The molecule has 1 aromatic heterocycles. The topological polar surface area (TPSA) is 95.2 Å². The third-order valence-corrected chi connectivity index (χ3v) is 5.20. The predicted molar refractivity (Wildman–Crippen MR) is 85.0 cm³/mol. The van der Waals surface area contributed by atoms with Crippen LogP contribution in [0, 0.1) is 13.8 Å². The first-order valence-corrected chi connectivity index (χ1v) is 9.04. The van der Waals surface area contributed by atoms with Crippen molar-refractivity contribution >= 4 is 15.9 Å². The molecule has 7 nitrogen and oxygen atoms in total. The summed E-state index contributed by atoms with van der Waals surface area (Å²) in [5.74, 6) is -0.0361. The molecular weight excluding hydrogens is 304 g/mol. The fourth-order valence-electron chi connectivity index (χ4n) is 2.30. The van der Waals surface area contributed by atoms with Gasteiger partial charge in [-0.3, -0.25) is 9.89 Å². The van der Waals surface area contributed by atoms with Gasteiger partial charge >= 0.3 is 0 Å². The molecule has 8 heteroatoms. The number of carbonyl (C=O) groups is 1. The molecule has 0 unspecified atom stereocenters. The Balaban J connectivity index is 2.59. The van der Waals surface area contributed by atoms with Crippen LogP contribution in [0.2, 0.25) is 0 Å². The number of H-pyrrole nitrogens is 1. The largest absolute Gasteiger partial charge is 0.342 e. The first-order valence-electron chi connectivity index (χ1n) is 7.56. The number of aromatic amines is 1. The average molecular weight is 330 g/mol. The first kappa shape index (κ1) is 18.6. The third kappa shape index (κ3) is 5.10. The van der Waals surface area contributed by atoms with Crippen molar-refractivity contribution < 1.29 is 13.2 Å². The zero-order chi connectivity index (χ0) is 16.8. The lowest BCUT2D eigenvalue weighted by molar-refractivity contribution is -0.128. The lowest BCUT2D eigenvalue weighted by Gasteiger charge is -2.21. The van der Waals surface area contributed by atoms with E-state index in [-0.39, 0.29) is 17.3 Å². The number of rotatable bonds is 9. The molecule has 0 spiro atoms. The molecule has 0 fully saturated rings. The molecule has 1 amide bonds. The predicted octanol–water partition coefficient (Wildman–Crippen LogP) is 1.34. The van der Waals surface area contributed by atoms with Gasteiger partial charge < -0.3 is 4.90 Å². The molecule has 1 aromatic rings. The number of hydrogen-bond donors (Lipinski definition) is 2. The number of nitrogens with zero attached hydrogens (tertiary/aromatic N) is 2. The van der Waals surface area contributed by atoms with E-state index in [1.54, 1.807) is 18.7 Å². The third-order valence-electron chi connectivity index (χ3n) is 3.48. The van der Waals surface area contributed by atoms with Crippen LogP contribution in [0.1, 0.15) is 44.5 Å². The smallest absolute Gasteiger partial charge is 0.244 e. The highest BCUT2D eigenvalue weighted by atomic mass is 32.2. The minimum atomic E-state index is -3.61. The Labute approximate surface area is 132 Å². The summed E-state index contributed by atoms with van der Waals surface area (Å²) in [6, 6.07) is 0. The number of aromatic nitrogens is 2. The summed E-state index contributed by atoms with van der Waals surface area (Å²) in [4.78, 5) is 13.4. The van der Waals surface area contributed by atoms with Gasteiger partial charge in [-0.1, -0.05) is 19.8 Å². The molecule has 0 saturated carbocycles. The molecule has 0 bridgehead atoms. The number of sulfonamides is 1. The van der Waals surface area contributed by atoms with E-state index in [0.29, 0.717) is 24.5 Å². The Morgan fingerprint density at radius 3 is 2.45 bits per heavy atom. The average Bonchev–Trinajstić information content (AvgIpc) is 2.77. The maximum absolute atomic E-state index is 12.3.